The molecule has 0 bridgehead atoms. The number of nitrogens with one attached hydrogen (secondary N) is 1. The number of anilines is 1. The second kappa shape index (κ2) is 7.95. The summed E-state index contributed by atoms with van der Waals surface area (Å²) < 4.78 is 11.4. The molecule has 1 saturated carbocycles. The van der Waals surface area contributed by atoms with Crippen LogP contribution in [0.15, 0.2) is 23.2 Å². The Hall–Kier alpha value is -1.95. The molecule has 0 amide bonds. The van der Waals surface area contributed by atoms with E-state index in [9.17, 15) is 0 Å². The van der Waals surface area contributed by atoms with Gasteiger partial charge in [0, 0.05) is 23.7 Å². The first-order valence-electron chi connectivity index (χ1n) is 9.23. The van der Waals surface area contributed by atoms with Crippen LogP contribution in [0.1, 0.15) is 38.5 Å². The highest BCUT2D eigenvalue weighted by molar-refractivity contribution is 5.92. The maximum absolute atomic E-state index is 6.14. The van der Waals surface area contributed by atoms with E-state index in [2.05, 4.69) is 29.3 Å². The Morgan fingerprint density at radius 2 is 1.84 bits per heavy atom. The van der Waals surface area contributed by atoms with E-state index in [0.717, 1.165) is 30.2 Å². The van der Waals surface area contributed by atoms with E-state index < -0.39 is 0 Å². The van der Waals surface area contributed by atoms with Crippen LogP contribution in [0.4, 0.5) is 5.69 Å². The van der Waals surface area contributed by atoms with Crippen LogP contribution >= 0.6 is 0 Å². The highest BCUT2D eigenvalue weighted by Gasteiger charge is 2.33. The van der Waals surface area contributed by atoms with Crippen molar-refractivity contribution in [2.45, 2.75) is 44.1 Å². The van der Waals surface area contributed by atoms with Gasteiger partial charge in [0.1, 0.15) is 0 Å². The van der Waals surface area contributed by atoms with Crippen molar-refractivity contribution in [2.75, 3.05) is 39.2 Å². The molecule has 3 N–H and O–H groups in total. The summed E-state index contributed by atoms with van der Waals surface area (Å²) in [5, 5.41) is 3.18. The summed E-state index contributed by atoms with van der Waals surface area (Å²) in [6, 6.07) is 5.78. The van der Waals surface area contributed by atoms with E-state index >= 15 is 0 Å². The number of likely N-dealkylation sites (N-methyl/N-ethyl adjacent to an activating group) is 1. The minimum Gasteiger partial charge on any atom is -0.490 e. The first kappa shape index (κ1) is 17.9. The summed E-state index contributed by atoms with van der Waals surface area (Å²) in [6.07, 6.45) is 7.12. The van der Waals surface area contributed by atoms with Crippen LogP contribution < -0.4 is 20.5 Å². The van der Waals surface area contributed by atoms with Gasteiger partial charge in [-0.2, -0.15) is 0 Å². The van der Waals surface area contributed by atoms with Gasteiger partial charge in [-0.05, 0) is 39.1 Å². The fourth-order valence-electron chi connectivity index (χ4n) is 3.62. The van der Waals surface area contributed by atoms with Crippen LogP contribution in [-0.2, 0) is 0 Å². The average molecular weight is 346 g/mol. The van der Waals surface area contributed by atoms with Gasteiger partial charge in [0.25, 0.3) is 0 Å². The number of rotatable bonds is 4. The second-order valence-corrected chi connectivity index (χ2v) is 7.22. The van der Waals surface area contributed by atoms with Crippen LogP contribution in [0.5, 0.6) is 11.5 Å². The molecule has 0 spiro atoms. The first-order valence-corrected chi connectivity index (χ1v) is 9.23. The van der Waals surface area contributed by atoms with Crippen molar-refractivity contribution in [3.8, 4) is 11.5 Å². The smallest absolute Gasteiger partial charge is 0.193 e. The standard InChI is InChI=1S/C19H30N4O2/c1-23(2)19(9-4-3-5-10-19)14-21-18(20)22-15-7-8-16-17(13-15)25-12-6-11-24-16/h7-8,13H,3-6,9-12,14H2,1-2H3,(H3,20,21,22). The zero-order valence-corrected chi connectivity index (χ0v) is 15.4. The molecule has 1 aromatic rings. The van der Waals surface area contributed by atoms with E-state index in [1.54, 1.807) is 0 Å². The molecule has 1 aromatic carbocycles. The van der Waals surface area contributed by atoms with E-state index in [0.29, 0.717) is 19.2 Å². The minimum atomic E-state index is 0.134. The predicted octanol–water partition coefficient (Wildman–Crippen LogP) is 2.84. The topological polar surface area (TPSA) is 72.1 Å². The Labute approximate surface area is 150 Å². The third kappa shape index (κ3) is 4.37. The quantitative estimate of drug-likeness (QED) is 0.648. The lowest BCUT2D eigenvalue weighted by molar-refractivity contribution is 0.109. The fraction of sp³-hybridized carbons (Fsp3) is 0.632. The van der Waals surface area contributed by atoms with Gasteiger partial charge in [-0.25, -0.2) is 0 Å². The SMILES string of the molecule is CN(C)C1(CN=C(N)Nc2ccc3c(c2)OCCCO3)CCCCC1. The molecular formula is C19H30N4O2. The highest BCUT2D eigenvalue weighted by atomic mass is 16.5. The molecule has 6 nitrogen and oxygen atoms in total. The van der Waals surface area contributed by atoms with Crippen LogP contribution in [0.25, 0.3) is 0 Å². The third-order valence-electron chi connectivity index (χ3n) is 5.30. The lowest BCUT2D eigenvalue weighted by atomic mass is 9.81. The van der Waals surface area contributed by atoms with Crippen molar-refractivity contribution >= 4 is 11.6 Å². The van der Waals surface area contributed by atoms with Crippen LogP contribution in [0, 0.1) is 0 Å². The molecule has 0 unspecified atom stereocenters. The van der Waals surface area contributed by atoms with Crippen molar-refractivity contribution in [1.29, 1.82) is 0 Å². The number of guanidine groups is 1. The summed E-state index contributed by atoms with van der Waals surface area (Å²) in [6.45, 7) is 2.09. The summed E-state index contributed by atoms with van der Waals surface area (Å²) in [5.41, 5.74) is 7.14. The van der Waals surface area contributed by atoms with Gasteiger partial charge in [0.05, 0.1) is 19.8 Å². The van der Waals surface area contributed by atoms with Crippen molar-refractivity contribution in [3.05, 3.63) is 18.2 Å². The summed E-state index contributed by atoms with van der Waals surface area (Å²) in [7, 11) is 4.29. The third-order valence-corrected chi connectivity index (χ3v) is 5.30. The number of fused-ring (bicyclic) bond motifs is 1. The Balaban J connectivity index is 1.66. The lowest BCUT2D eigenvalue weighted by Gasteiger charge is -2.42. The Kier molecular flexibility index (Phi) is 5.68. The number of ether oxygens (including phenoxy) is 2. The molecule has 3 rings (SSSR count). The average Bonchev–Trinajstić information content (AvgIpc) is 2.85. The minimum absolute atomic E-state index is 0.134. The number of hydrogen-bond donors (Lipinski definition) is 2. The number of nitrogens with zero attached hydrogens (tertiary/aromatic N) is 2. The molecule has 1 aliphatic carbocycles. The number of nitrogens with two attached hydrogens (primary N) is 1. The summed E-state index contributed by atoms with van der Waals surface area (Å²) in [5.74, 6) is 1.99. The van der Waals surface area contributed by atoms with Crippen molar-refractivity contribution in [3.63, 3.8) is 0 Å². The van der Waals surface area contributed by atoms with Crippen molar-refractivity contribution < 1.29 is 9.47 Å². The summed E-state index contributed by atoms with van der Waals surface area (Å²) in [4.78, 5) is 6.95. The monoisotopic (exact) mass is 346 g/mol. The Morgan fingerprint density at radius 1 is 1.12 bits per heavy atom. The van der Waals surface area contributed by atoms with Gasteiger partial charge < -0.3 is 25.4 Å². The van der Waals surface area contributed by atoms with E-state index in [1.165, 1.54) is 32.1 Å². The van der Waals surface area contributed by atoms with E-state index in [4.69, 9.17) is 15.2 Å². The van der Waals surface area contributed by atoms with Crippen LogP contribution in [0.2, 0.25) is 0 Å². The molecule has 138 valence electrons. The molecular weight excluding hydrogens is 316 g/mol. The largest absolute Gasteiger partial charge is 0.490 e. The van der Waals surface area contributed by atoms with Crippen molar-refractivity contribution in [2.24, 2.45) is 10.7 Å². The number of aliphatic imine (C=N–C) groups is 1. The molecule has 25 heavy (non-hydrogen) atoms. The maximum atomic E-state index is 6.14. The molecule has 2 aliphatic rings. The lowest BCUT2D eigenvalue weighted by Crippen LogP contribution is -2.49. The molecule has 1 aliphatic heterocycles. The second-order valence-electron chi connectivity index (χ2n) is 7.22. The molecule has 6 heteroatoms. The van der Waals surface area contributed by atoms with Gasteiger partial charge in [0.2, 0.25) is 0 Å². The molecule has 0 atom stereocenters. The van der Waals surface area contributed by atoms with Crippen LogP contribution in [0.3, 0.4) is 0 Å². The van der Waals surface area contributed by atoms with E-state index in [-0.39, 0.29) is 5.54 Å². The van der Waals surface area contributed by atoms with E-state index in [1.807, 2.05) is 18.2 Å². The molecule has 1 heterocycles. The summed E-state index contributed by atoms with van der Waals surface area (Å²) >= 11 is 0. The molecule has 0 saturated heterocycles. The van der Waals surface area contributed by atoms with Gasteiger partial charge in [-0.1, -0.05) is 19.3 Å². The maximum Gasteiger partial charge on any atom is 0.193 e. The number of benzene rings is 1. The molecule has 0 aromatic heterocycles. The zero-order valence-electron chi connectivity index (χ0n) is 15.4. The van der Waals surface area contributed by atoms with Gasteiger partial charge in [0.15, 0.2) is 17.5 Å². The highest BCUT2D eigenvalue weighted by Crippen LogP contribution is 2.33. The first-order chi connectivity index (χ1) is 12.1. The Morgan fingerprint density at radius 3 is 2.56 bits per heavy atom. The van der Waals surface area contributed by atoms with Gasteiger partial charge in [-0.15, -0.1) is 0 Å². The van der Waals surface area contributed by atoms with Crippen LogP contribution in [-0.4, -0.2) is 50.3 Å². The predicted molar refractivity (Wildman–Crippen MR) is 102 cm³/mol. The fourth-order valence-corrected chi connectivity index (χ4v) is 3.62. The Bertz CT molecular complexity index is 609. The van der Waals surface area contributed by atoms with Gasteiger partial charge in [-0.3, -0.25) is 4.99 Å². The number of hydrogen-bond acceptors (Lipinski definition) is 4. The molecule has 1 fully saturated rings. The zero-order chi connectivity index (χ0) is 17.7. The molecule has 0 radical (unpaired) electrons. The van der Waals surface area contributed by atoms with Crippen molar-refractivity contribution in [1.82, 2.24) is 4.90 Å². The normalized spacial score (nSPS) is 20.2. The van der Waals surface area contributed by atoms with Gasteiger partial charge >= 0.3 is 0 Å².